The third-order valence-corrected chi connectivity index (χ3v) is 5.40. The normalized spacial score (nSPS) is 15.3. The second kappa shape index (κ2) is 10.1. The number of anilines is 1. The van der Waals surface area contributed by atoms with Gasteiger partial charge in [-0.1, -0.05) is 42.5 Å². The summed E-state index contributed by atoms with van der Waals surface area (Å²) in [5.74, 6) is 1.37. The molecule has 4 rings (SSSR count). The van der Waals surface area contributed by atoms with Crippen LogP contribution in [0.1, 0.15) is 24.1 Å². The van der Waals surface area contributed by atoms with Crippen LogP contribution >= 0.6 is 12.2 Å². The van der Waals surface area contributed by atoms with Crippen molar-refractivity contribution in [2.45, 2.75) is 19.6 Å². The van der Waals surface area contributed by atoms with Gasteiger partial charge in [0, 0.05) is 11.9 Å². The molecule has 8 heteroatoms. The van der Waals surface area contributed by atoms with Crippen LogP contribution in [0.5, 0.6) is 11.5 Å². The summed E-state index contributed by atoms with van der Waals surface area (Å²) in [6.45, 7) is 2.24. The molecule has 0 aliphatic carbocycles. The Morgan fingerprint density at radius 3 is 2.61 bits per heavy atom. The second-order valence-corrected chi connectivity index (χ2v) is 7.83. The number of pyridine rings is 1. The molecule has 0 saturated heterocycles. The van der Waals surface area contributed by atoms with Crippen molar-refractivity contribution in [2.24, 2.45) is 0 Å². The van der Waals surface area contributed by atoms with Crippen LogP contribution in [0.2, 0.25) is 0 Å². The molecule has 33 heavy (non-hydrogen) atoms. The Morgan fingerprint density at radius 1 is 1.09 bits per heavy atom. The molecule has 0 unspecified atom stereocenters. The molecule has 0 bridgehead atoms. The number of allylic oxidation sites excluding steroid dienone is 1. The van der Waals surface area contributed by atoms with E-state index in [0.717, 1.165) is 11.1 Å². The van der Waals surface area contributed by atoms with Gasteiger partial charge in [-0.05, 0) is 54.5 Å². The van der Waals surface area contributed by atoms with Gasteiger partial charge in [0.2, 0.25) is 0 Å². The standard InChI is InChI=1S/C25H24N4O3S/c1-16-22(24(30)28-21-10-6-7-13-26-21)23(29-25(33)27-16)18-11-12-19(20(14-18)31-2)32-15-17-8-4-3-5-9-17/h3-14,23H,15H2,1-2H3,(H,26,28,30)(H2,27,29,33)/t23-/m1/s1. The maximum absolute atomic E-state index is 13.2. The Labute approximate surface area is 197 Å². The van der Waals surface area contributed by atoms with E-state index in [0.29, 0.717) is 40.3 Å². The van der Waals surface area contributed by atoms with Gasteiger partial charge >= 0.3 is 0 Å². The number of amides is 1. The first-order chi connectivity index (χ1) is 16.0. The van der Waals surface area contributed by atoms with E-state index < -0.39 is 6.04 Å². The van der Waals surface area contributed by atoms with Gasteiger partial charge in [-0.15, -0.1) is 0 Å². The van der Waals surface area contributed by atoms with Gasteiger partial charge in [0.1, 0.15) is 12.4 Å². The third-order valence-electron chi connectivity index (χ3n) is 5.18. The van der Waals surface area contributed by atoms with Crippen molar-refractivity contribution in [2.75, 3.05) is 12.4 Å². The summed E-state index contributed by atoms with van der Waals surface area (Å²) >= 11 is 5.36. The van der Waals surface area contributed by atoms with Crippen LogP contribution in [0.4, 0.5) is 5.82 Å². The lowest BCUT2D eigenvalue weighted by atomic mass is 9.94. The predicted molar refractivity (Wildman–Crippen MR) is 131 cm³/mol. The Balaban J connectivity index is 1.60. The van der Waals surface area contributed by atoms with Gasteiger partial charge in [0.25, 0.3) is 5.91 Å². The first-order valence-electron chi connectivity index (χ1n) is 10.4. The van der Waals surface area contributed by atoms with Crippen LogP contribution in [0.25, 0.3) is 0 Å². The highest BCUT2D eigenvalue weighted by atomic mass is 32.1. The largest absolute Gasteiger partial charge is 0.493 e. The zero-order valence-electron chi connectivity index (χ0n) is 18.3. The van der Waals surface area contributed by atoms with Crippen LogP contribution in [0, 0.1) is 0 Å². The van der Waals surface area contributed by atoms with Crippen molar-refractivity contribution in [1.29, 1.82) is 0 Å². The number of methoxy groups -OCH3 is 1. The summed E-state index contributed by atoms with van der Waals surface area (Å²) < 4.78 is 11.6. The van der Waals surface area contributed by atoms with Gasteiger partial charge in [0.15, 0.2) is 16.6 Å². The van der Waals surface area contributed by atoms with Crippen molar-refractivity contribution in [3.05, 3.63) is 95.3 Å². The predicted octanol–water partition coefficient (Wildman–Crippen LogP) is 4.10. The first kappa shape index (κ1) is 22.3. The number of rotatable bonds is 7. The van der Waals surface area contributed by atoms with Crippen molar-refractivity contribution in [3.8, 4) is 11.5 Å². The number of carbonyl (C=O) groups is 1. The van der Waals surface area contributed by atoms with Gasteiger partial charge in [-0.2, -0.15) is 0 Å². The lowest BCUT2D eigenvalue weighted by Crippen LogP contribution is -2.45. The van der Waals surface area contributed by atoms with E-state index in [1.54, 1.807) is 25.4 Å². The van der Waals surface area contributed by atoms with Gasteiger partial charge in [-0.25, -0.2) is 4.98 Å². The average Bonchev–Trinajstić information content (AvgIpc) is 2.83. The van der Waals surface area contributed by atoms with E-state index in [1.165, 1.54) is 0 Å². The molecule has 3 N–H and O–H groups in total. The van der Waals surface area contributed by atoms with Crippen molar-refractivity contribution in [3.63, 3.8) is 0 Å². The summed E-state index contributed by atoms with van der Waals surface area (Å²) in [5.41, 5.74) is 3.05. The minimum atomic E-state index is -0.473. The Hall–Kier alpha value is -3.91. The molecule has 3 aromatic rings. The molecule has 1 aromatic heterocycles. The molecule has 168 valence electrons. The third kappa shape index (κ3) is 5.30. The molecule has 2 heterocycles. The number of hydrogen-bond donors (Lipinski definition) is 3. The quantitative estimate of drug-likeness (QED) is 0.458. The fourth-order valence-electron chi connectivity index (χ4n) is 3.58. The summed E-state index contributed by atoms with van der Waals surface area (Å²) in [6, 6.07) is 20.4. The maximum atomic E-state index is 13.2. The van der Waals surface area contributed by atoms with Crippen molar-refractivity contribution >= 4 is 29.1 Å². The molecule has 1 amide bonds. The van der Waals surface area contributed by atoms with Crippen LogP contribution < -0.4 is 25.4 Å². The molecule has 1 aliphatic heterocycles. The smallest absolute Gasteiger partial charge is 0.256 e. The van der Waals surface area contributed by atoms with Crippen molar-refractivity contribution in [1.82, 2.24) is 15.6 Å². The Bertz CT molecular complexity index is 1180. The monoisotopic (exact) mass is 460 g/mol. The number of hydrogen-bond acceptors (Lipinski definition) is 5. The number of nitrogens with one attached hydrogen (secondary N) is 3. The Kier molecular flexibility index (Phi) is 6.85. The highest BCUT2D eigenvalue weighted by Gasteiger charge is 2.30. The first-order valence-corrected chi connectivity index (χ1v) is 10.8. The fourth-order valence-corrected chi connectivity index (χ4v) is 3.85. The topological polar surface area (TPSA) is 84.5 Å². The van der Waals surface area contributed by atoms with Crippen LogP contribution in [-0.4, -0.2) is 23.1 Å². The van der Waals surface area contributed by atoms with Crippen LogP contribution in [-0.2, 0) is 11.4 Å². The van der Waals surface area contributed by atoms with E-state index in [-0.39, 0.29) is 5.91 Å². The number of nitrogens with zero attached hydrogens (tertiary/aromatic N) is 1. The number of thiocarbonyl (C=S) groups is 1. The van der Waals surface area contributed by atoms with E-state index in [4.69, 9.17) is 21.7 Å². The van der Waals surface area contributed by atoms with E-state index in [2.05, 4.69) is 20.9 Å². The lowest BCUT2D eigenvalue weighted by molar-refractivity contribution is -0.113. The number of benzene rings is 2. The van der Waals surface area contributed by atoms with Gasteiger partial charge < -0.3 is 25.4 Å². The van der Waals surface area contributed by atoms with Crippen LogP contribution in [0.3, 0.4) is 0 Å². The van der Waals surface area contributed by atoms with E-state index in [1.807, 2.05) is 61.5 Å². The maximum Gasteiger partial charge on any atom is 0.256 e. The molecular weight excluding hydrogens is 436 g/mol. The van der Waals surface area contributed by atoms with E-state index >= 15 is 0 Å². The zero-order valence-corrected chi connectivity index (χ0v) is 19.1. The SMILES string of the molecule is COc1cc([C@H]2NC(=S)NC(C)=C2C(=O)Nc2ccccn2)ccc1OCc1ccccc1. The molecule has 1 aliphatic rings. The van der Waals surface area contributed by atoms with Crippen molar-refractivity contribution < 1.29 is 14.3 Å². The van der Waals surface area contributed by atoms with Crippen LogP contribution in [0.15, 0.2) is 84.2 Å². The molecule has 7 nitrogen and oxygen atoms in total. The van der Waals surface area contributed by atoms with Gasteiger partial charge in [-0.3, -0.25) is 4.79 Å². The Morgan fingerprint density at radius 2 is 1.88 bits per heavy atom. The molecule has 0 radical (unpaired) electrons. The highest BCUT2D eigenvalue weighted by Crippen LogP contribution is 2.35. The van der Waals surface area contributed by atoms with Gasteiger partial charge in [0.05, 0.1) is 18.7 Å². The molecular formula is C25H24N4O3S. The lowest BCUT2D eigenvalue weighted by Gasteiger charge is -2.30. The summed E-state index contributed by atoms with van der Waals surface area (Å²) in [5, 5.41) is 9.52. The number of ether oxygens (including phenoxy) is 2. The number of aromatic nitrogens is 1. The molecule has 0 saturated carbocycles. The minimum absolute atomic E-state index is 0.276. The summed E-state index contributed by atoms with van der Waals surface area (Å²) in [4.78, 5) is 17.3. The molecule has 0 spiro atoms. The highest BCUT2D eigenvalue weighted by molar-refractivity contribution is 7.80. The summed E-state index contributed by atoms with van der Waals surface area (Å²) in [7, 11) is 1.59. The second-order valence-electron chi connectivity index (χ2n) is 7.42. The molecule has 0 fully saturated rings. The molecule has 1 atom stereocenters. The zero-order chi connectivity index (χ0) is 23.2. The number of carbonyl (C=O) groups excluding carboxylic acids is 1. The minimum Gasteiger partial charge on any atom is -0.493 e. The fraction of sp³-hybridized carbons (Fsp3) is 0.160. The van der Waals surface area contributed by atoms with E-state index in [9.17, 15) is 4.79 Å². The summed E-state index contributed by atoms with van der Waals surface area (Å²) in [6.07, 6.45) is 1.62. The molecule has 2 aromatic carbocycles. The average molecular weight is 461 g/mol.